The number of amides is 1. The van der Waals surface area contributed by atoms with Gasteiger partial charge in [0.15, 0.2) is 4.67 Å². The predicted molar refractivity (Wildman–Crippen MR) is 69.1 cm³/mol. The lowest BCUT2D eigenvalue weighted by Gasteiger charge is -2.14. The maximum atomic E-state index is 11.5. The molecule has 0 unspecified atom stereocenters. The lowest BCUT2D eigenvalue weighted by atomic mass is 10.4. The Kier molecular flexibility index (Phi) is 5.51. The Morgan fingerprint density at radius 2 is 2.25 bits per heavy atom. The molecule has 1 aromatic rings. The van der Waals surface area contributed by atoms with E-state index in [0.717, 1.165) is 16.8 Å². The van der Waals surface area contributed by atoms with E-state index in [4.69, 9.17) is 4.42 Å². The fourth-order valence-corrected chi connectivity index (χ4v) is 1.74. The first kappa shape index (κ1) is 13.7. The molecule has 1 heterocycles. The third kappa shape index (κ3) is 3.92. The molecule has 0 radical (unpaired) electrons. The largest absolute Gasteiger partial charge is 0.452 e. The molecular weight excluding hydrogens is 340 g/mol. The molecule has 0 atom stereocenters. The molecular formula is C10H14Br2N2O2. The molecule has 0 saturated carbocycles. The van der Waals surface area contributed by atoms with Crippen LogP contribution in [0.3, 0.4) is 0 Å². The van der Waals surface area contributed by atoms with Crippen LogP contribution < -0.4 is 5.32 Å². The minimum atomic E-state index is 0.0761. The van der Waals surface area contributed by atoms with E-state index < -0.39 is 0 Å². The molecule has 0 aliphatic carbocycles. The number of carbonyl (C=O) groups is 1. The number of furan rings is 1. The maximum Gasteiger partial charge on any atom is 0.236 e. The van der Waals surface area contributed by atoms with Gasteiger partial charge in [-0.2, -0.15) is 0 Å². The van der Waals surface area contributed by atoms with Crippen LogP contribution in [0.25, 0.3) is 0 Å². The van der Waals surface area contributed by atoms with E-state index in [-0.39, 0.29) is 5.91 Å². The van der Waals surface area contributed by atoms with E-state index in [1.165, 1.54) is 0 Å². The van der Waals surface area contributed by atoms with Crippen LogP contribution in [0, 0.1) is 0 Å². The van der Waals surface area contributed by atoms with Crippen LogP contribution >= 0.6 is 31.9 Å². The number of hydrogen-bond acceptors (Lipinski definition) is 3. The fraction of sp³-hybridized carbons (Fsp3) is 0.500. The number of likely N-dealkylation sites (N-methyl/N-ethyl adjacent to an activating group) is 1. The topological polar surface area (TPSA) is 45.5 Å². The number of carbonyl (C=O) groups excluding carboxylic acids is 1. The highest BCUT2D eigenvalue weighted by Crippen LogP contribution is 2.26. The summed E-state index contributed by atoms with van der Waals surface area (Å²) < 4.78 is 6.91. The molecule has 1 N–H and O–H groups in total. The first-order valence-electron chi connectivity index (χ1n) is 4.93. The van der Waals surface area contributed by atoms with Gasteiger partial charge in [0.2, 0.25) is 5.91 Å². The van der Waals surface area contributed by atoms with E-state index in [9.17, 15) is 4.79 Å². The Hall–Kier alpha value is -0.330. The Bertz CT molecular complexity index is 346. The van der Waals surface area contributed by atoms with Crippen LogP contribution in [-0.4, -0.2) is 30.9 Å². The predicted octanol–water partition coefficient (Wildman–Crippen LogP) is 2.37. The first-order valence-corrected chi connectivity index (χ1v) is 6.51. The van der Waals surface area contributed by atoms with Gasteiger partial charge < -0.3 is 14.6 Å². The molecule has 1 aromatic heterocycles. The van der Waals surface area contributed by atoms with Crippen molar-refractivity contribution in [3.63, 3.8) is 0 Å². The first-order chi connectivity index (χ1) is 7.54. The molecule has 1 rings (SSSR count). The molecule has 0 fully saturated rings. The van der Waals surface area contributed by atoms with Crippen molar-refractivity contribution in [2.75, 3.05) is 20.1 Å². The van der Waals surface area contributed by atoms with Gasteiger partial charge in [0.25, 0.3) is 0 Å². The van der Waals surface area contributed by atoms with Crippen molar-refractivity contribution in [3.05, 3.63) is 21.0 Å². The van der Waals surface area contributed by atoms with E-state index >= 15 is 0 Å². The van der Waals surface area contributed by atoms with Gasteiger partial charge in [-0.25, -0.2) is 0 Å². The number of halogens is 2. The Balaban J connectivity index is 2.33. The summed E-state index contributed by atoms with van der Waals surface area (Å²) in [5.41, 5.74) is 0. The average Bonchev–Trinajstić information content (AvgIpc) is 2.57. The van der Waals surface area contributed by atoms with Crippen molar-refractivity contribution < 1.29 is 9.21 Å². The molecule has 0 aliphatic heterocycles. The highest BCUT2D eigenvalue weighted by atomic mass is 79.9. The Labute approximate surface area is 112 Å². The summed E-state index contributed by atoms with van der Waals surface area (Å²) in [5, 5.41) is 3.03. The summed E-state index contributed by atoms with van der Waals surface area (Å²) >= 11 is 6.58. The molecule has 0 aromatic carbocycles. The molecule has 0 saturated heterocycles. The zero-order valence-corrected chi connectivity index (χ0v) is 12.4. The molecule has 0 spiro atoms. The normalized spacial score (nSPS) is 10.5. The zero-order valence-electron chi connectivity index (χ0n) is 9.22. The van der Waals surface area contributed by atoms with Crippen LogP contribution in [0.4, 0.5) is 0 Å². The third-order valence-corrected chi connectivity index (χ3v) is 3.88. The standard InChI is InChI=1S/C10H14Br2N2O2/c1-3-14(2)9(15)6-13-5-7-4-8(11)10(12)16-7/h4,13H,3,5-6H2,1-2H3. The number of rotatable bonds is 5. The third-order valence-electron chi connectivity index (χ3n) is 2.17. The number of nitrogens with zero attached hydrogens (tertiary/aromatic N) is 1. The molecule has 0 aliphatic rings. The molecule has 0 bridgehead atoms. The van der Waals surface area contributed by atoms with E-state index in [2.05, 4.69) is 37.2 Å². The van der Waals surface area contributed by atoms with Gasteiger partial charge in [-0.3, -0.25) is 4.79 Å². The van der Waals surface area contributed by atoms with Gasteiger partial charge in [-0.1, -0.05) is 0 Å². The lowest BCUT2D eigenvalue weighted by Crippen LogP contribution is -2.35. The second-order valence-corrected chi connectivity index (χ2v) is 4.92. The Morgan fingerprint density at radius 1 is 1.56 bits per heavy atom. The van der Waals surface area contributed by atoms with E-state index in [1.54, 1.807) is 11.9 Å². The highest BCUT2D eigenvalue weighted by molar-refractivity contribution is 9.13. The van der Waals surface area contributed by atoms with Crippen LogP contribution in [0.15, 0.2) is 19.6 Å². The van der Waals surface area contributed by atoms with Crippen molar-refractivity contribution in [1.82, 2.24) is 10.2 Å². The van der Waals surface area contributed by atoms with Crippen molar-refractivity contribution >= 4 is 37.8 Å². The summed E-state index contributed by atoms with van der Waals surface area (Å²) in [6.45, 7) is 3.52. The van der Waals surface area contributed by atoms with Gasteiger partial charge in [0, 0.05) is 13.6 Å². The van der Waals surface area contributed by atoms with Gasteiger partial charge in [0.05, 0.1) is 17.6 Å². The molecule has 90 valence electrons. The quantitative estimate of drug-likeness (QED) is 0.883. The van der Waals surface area contributed by atoms with E-state index in [1.807, 2.05) is 13.0 Å². The van der Waals surface area contributed by atoms with Crippen molar-refractivity contribution in [3.8, 4) is 0 Å². The minimum Gasteiger partial charge on any atom is -0.452 e. The number of hydrogen-bond donors (Lipinski definition) is 1. The summed E-state index contributed by atoms with van der Waals surface area (Å²) in [7, 11) is 1.78. The SMILES string of the molecule is CCN(C)C(=O)CNCc1cc(Br)c(Br)o1. The smallest absolute Gasteiger partial charge is 0.236 e. The molecule has 6 heteroatoms. The highest BCUT2D eigenvalue weighted by Gasteiger charge is 2.08. The fourth-order valence-electron chi connectivity index (χ4n) is 1.08. The lowest BCUT2D eigenvalue weighted by molar-refractivity contribution is -0.128. The van der Waals surface area contributed by atoms with Gasteiger partial charge in [0.1, 0.15) is 5.76 Å². The monoisotopic (exact) mass is 352 g/mol. The Morgan fingerprint density at radius 3 is 2.75 bits per heavy atom. The summed E-state index contributed by atoms with van der Waals surface area (Å²) in [4.78, 5) is 13.1. The van der Waals surface area contributed by atoms with Crippen LogP contribution in [0.2, 0.25) is 0 Å². The van der Waals surface area contributed by atoms with Gasteiger partial charge in [-0.15, -0.1) is 0 Å². The van der Waals surface area contributed by atoms with Crippen LogP contribution in [0.1, 0.15) is 12.7 Å². The summed E-state index contributed by atoms with van der Waals surface area (Å²) in [6.07, 6.45) is 0. The second kappa shape index (κ2) is 6.42. The van der Waals surface area contributed by atoms with Crippen LogP contribution in [-0.2, 0) is 11.3 Å². The molecule has 4 nitrogen and oxygen atoms in total. The zero-order chi connectivity index (χ0) is 12.1. The number of nitrogens with one attached hydrogen (secondary N) is 1. The van der Waals surface area contributed by atoms with Gasteiger partial charge in [-0.05, 0) is 44.8 Å². The molecule has 1 amide bonds. The van der Waals surface area contributed by atoms with Crippen molar-refractivity contribution in [2.24, 2.45) is 0 Å². The van der Waals surface area contributed by atoms with E-state index in [0.29, 0.717) is 17.8 Å². The maximum absolute atomic E-state index is 11.5. The minimum absolute atomic E-state index is 0.0761. The van der Waals surface area contributed by atoms with Gasteiger partial charge >= 0.3 is 0 Å². The summed E-state index contributed by atoms with van der Waals surface area (Å²) in [5.74, 6) is 0.859. The molecule has 16 heavy (non-hydrogen) atoms. The van der Waals surface area contributed by atoms with Crippen molar-refractivity contribution in [1.29, 1.82) is 0 Å². The van der Waals surface area contributed by atoms with Crippen LogP contribution in [0.5, 0.6) is 0 Å². The summed E-state index contributed by atoms with van der Waals surface area (Å²) in [6, 6.07) is 1.87. The second-order valence-electron chi connectivity index (χ2n) is 3.35. The van der Waals surface area contributed by atoms with Crippen molar-refractivity contribution in [2.45, 2.75) is 13.5 Å². The average molecular weight is 354 g/mol.